The van der Waals surface area contributed by atoms with Crippen molar-refractivity contribution in [1.29, 1.82) is 0 Å². The van der Waals surface area contributed by atoms with Crippen molar-refractivity contribution in [3.63, 3.8) is 0 Å². The molecule has 3 fully saturated rings. The van der Waals surface area contributed by atoms with Gasteiger partial charge in [-0.25, -0.2) is 4.79 Å². The highest BCUT2D eigenvalue weighted by Gasteiger charge is 2.64. The smallest absolute Gasteiger partial charge is 0.328 e. The molecule has 3 heterocycles. The van der Waals surface area contributed by atoms with Gasteiger partial charge in [0.1, 0.15) is 10.6 Å². The predicted molar refractivity (Wildman–Crippen MR) is 73.3 cm³/mol. The van der Waals surface area contributed by atoms with Crippen LogP contribution in [0.25, 0.3) is 10.4 Å². The molecule has 3 aliphatic rings. The summed E-state index contributed by atoms with van der Waals surface area (Å²) in [6.07, 6.45) is -0.666. The van der Waals surface area contributed by atoms with Crippen LogP contribution in [-0.2, 0) is 14.3 Å². The zero-order chi connectivity index (χ0) is 15.4. The normalized spacial score (nSPS) is 45.5. The largest absolute Gasteiger partial charge is 0.352 e. The highest BCUT2D eigenvalue weighted by atomic mass is 79.9. The molecule has 9 nitrogen and oxygen atoms in total. The van der Waals surface area contributed by atoms with Gasteiger partial charge in [0.25, 0.3) is 0 Å². The van der Waals surface area contributed by atoms with E-state index >= 15 is 0 Å². The molecule has 3 amide bonds. The van der Waals surface area contributed by atoms with E-state index in [1.807, 2.05) is 0 Å². The summed E-state index contributed by atoms with van der Waals surface area (Å²) in [5.74, 6) is -0.462. The fourth-order valence-corrected chi connectivity index (χ4v) is 3.38. The van der Waals surface area contributed by atoms with Crippen molar-refractivity contribution in [3.05, 3.63) is 10.4 Å². The Balaban J connectivity index is 2.01. The summed E-state index contributed by atoms with van der Waals surface area (Å²) in [5.41, 5.74) is 7.40. The third kappa shape index (κ3) is 1.87. The lowest BCUT2D eigenvalue weighted by Crippen LogP contribution is -2.75. The first-order valence-electron chi connectivity index (χ1n) is 6.48. The summed E-state index contributed by atoms with van der Waals surface area (Å²) in [5, 5.41) is 5.97. The first-order valence-corrected chi connectivity index (χ1v) is 7.28. The summed E-state index contributed by atoms with van der Waals surface area (Å²) in [6, 6.07) is -0.969. The predicted octanol–water partition coefficient (Wildman–Crippen LogP) is 1.23. The van der Waals surface area contributed by atoms with E-state index in [0.29, 0.717) is 6.42 Å². The van der Waals surface area contributed by atoms with E-state index in [1.165, 1.54) is 4.90 Å². The number of carbonyl (C=O) groups excluding carboxylic acids is 2. The highest BCUT2D eigenvalue weighted by Crippen LogP contribution is 2.46. The fourth-order valence-electron chi connectivity index (χ4n) is 2.97. The lowest BCUT2D eigenvalue weighted by molar-refractivity contribution is -0.176. The molecule has 0 aromatic rings. The second-order valence-corrected chi connectivity index (χ2v) is 7.15. The number of carbonyl (C=O) groups is 2. The molecule has 10 heteroatoms. The van der Waals surface area contributed by atoms with Crippen molar-refractivity contribution >= 4 is 27.9 Å². The summed E-state index contributed by atoms with van der Waals surface area (Å²) >= 11 is 3.37. The number of halogens is 1. The standard InChI is InChI=1S/C11H14BrN5O4/c1-10(12)8(18)14-9(19)17-7-3-5(15-16-13)6(21-7)4-20-11(10,17)2/h5-7H,3-4H2,1-2H3,(H,14,18,19)/t5-,6+,7+,10+,11?/m0/s1. The summed E-state index contributed by atoms with van der Waals surface area (Å²) in [4.78, 5) is 28.5. The lowest BCUT2D eigenvalue weighted by atomic mass is 9.92. The Morgan fingerprint density at radius 2 is 2.24 bits per heavy atom. The van der Waals surface area contributed by atoms with Gasteiger partial charge >= 0.3 is 6.03 Å². The number of urea groups is 1. The van der Waals surface area contributed by atoms with Crippen molar-refractivity contribution in [3.8, 4) is 0 Å². The van der Waals surface area contributed by atoms with E-state index < -0.39 is 40.4 Å². The number of nitrogens with one attached hydrogen (secondary N) is 1. The van der Waals surface area contributed by atoms with E-state index in [1.54, 1.807) is 13.8 Å². The fraction of sp³-hybridized carbons (Fsp3) is 0.818. The first kappa shape index (κ1) is 14.6. The van der Waals surface area contributed by atoms with Crippen molar-refractivity contribution in [2.75, 3.05) is 6.61 Å². The van der Waals surface area contributed by atoms with Crippen molar-refractivity contribution < 1.29 is 19.1 Å². The van der Waals surface area contributed by atoms with Gasteiger partial charge in [0.05, 0.1) is 18.8 Å². The summed E-state index contributed by atoms with van der Waals surface area (Å²) in [6.45, 7) is 3.45. The van der Waals surface area contributed by atoms with Crippen LogP contribution in [0.5, 0.6) is 0 Å². The van der Waals surface area contributed by atoms with E-state index in [-0.39, 0.29) is 6.61 Å². The van der Waals surface area contributed by atoms with Crippen LogP contribution in [0.4, 0.5) is 4.79 Å². The Kier molecular flexibility index (Phi) is 3.17. The third-order valence-corrected chi connectivity index (χ3v) is 5.51. The lowest BCUT2D eigenvalue weighted by Gasteiger charge is -2.52. The highest BCUT2D eigenvalue weighted by molar-refractivity contribution is 9.10. The Morgan fingerprint density at radius 3 is 2.90 bits per heavy atom. The Labute approximate surface area is 128 Å². The minimum atomic E-state index is -1.19. The Morgan fingerprint density at radius 1 is 1.52 bits per heavy atom. The average molecular weight is 360 g/mol. The number of hydrogen-bond donors (Lipinski definition) is 1. The Hall–Kier alpha value is -1.35. The number of azide groups is 1. The molecule has 3 saturated heterocycles. The molecule has 0 radical (unpaired) electrons. The number of imide groups is 1. The number of hydrogen-bond acceptors (Lipinski definition) is 5. The van der Waals surface area contributed by atoms with Gasteiger partial charge in [0.15, 0.2) is 5.72 Å². The first-order chi connectivity index (χ1) is 9.81. The van der Waals surface area contributed by atoms with Gasteiger partial charge in [0.2, 0.25) is 5.91 Å². The number of nitrogens with zero attached hydrogens (tertiary/aromatic N) is 4. The molecule has 21 heavy (non-hydrogen) atoms. The molecule has 0 aliphatic carbocycles. The molecule has 1 unspecified atom stereocenters. The quantitative estimate of drug-likeness (QED) is 0.328. The number of alkyl halides is 1. The monoisotopic (exact) mass is 359 g/mol. The summed E-state index contributed by atoms with van der Waals surface area (Å²) in [7, 11) is 0. The zero-order valence-corrected chi connectivity index (χ0v) is 13.0. The van der Waals surface area contributed by atoms with E-state index in [4.69, 9.17) is 15.0 Å². The Bertz CT molecular complexity index is 563. The number of amides is 3. The van der Waals surface area contributed by atoms with Crippen molar-refractivity contribution in [1.82, 2.24) is 10.2 Å². The van der Waals surface area contributed by atoms with E-state index in [9.17, 15) is 9.59 Å². The van der Waals surface area contributed by atoms with Gasteiger partial charge in [0, 0.05) is 11.3 Å². The maximum atomic E-state index is 12.2. The van der Waals surface area contributed by atoms with Crippen molar-refractivity contribution in [2.45, 2.75) is 48.7 Å². The molecule has 3 rings (SSSR count). The molecule has 1 N–H and O–H groups in total. The van der Waals surface area contributed by atoms with Gasteiger partial charge in [-0.2, -0.15) is 0 Å². The molecule has 5 atom stereocenters. The molecule has 3 aliphatic heterocycles. The van der Waals surface area contributed by atoms with Crippen LogP contribution in [0, 0.1) is 0 Å². The molecular formula is C11H14BrN5O4. The molecule has 0 spiro atoms. The maximum absolute atomic E-state index is 12.2. The number of rotatable bonds is 1. The molecule has 0 saturated carbocycles. The van der Waals surface area contributed by atoms with Gasteiger partial charge in [-0.1, -0.05) is 21.0 Å². The number of ether oxygens (including phenoxy) is 2. The second-order valence-electron chi connectivity index (χ2n) is 5.56. The summed E-state index contributed by atoms with van der Waals surface area (Å²) < 4.78 is 10.5. The van der Waals surface area contributed by atoms with Gasteiger partial charge in [-0.05, 0) is 19.4 Å². The van der Waals surface area contributed by atoms with Crippen LogP contribution >= 0.6 is 15.9 Å². The van der Waals surface area contributed by atoms with Crippen LogP contribution in [-0.4, -0.2) is 51.9 Å². The molecule has 0 aromatic carbocycles. The molecule has 2 bridgehead atoms. The van der Waals surface area contributed by atoms with E-state index in [2.05, 4.69) is 31.3 Å². The van der Waals surface area contributed by atoms with Crippen LogP contribution in [0.3, 0.4) is 0 Å². The van der Waals surface area contributed by atoms with Crippen LogP contribution in [0.15, 0.2) is 5.11 Å². The molecule has 114 valence electrons. The maximum Gasteiger partial charge on any atom is 0.328 e. The number of fused-ring (bicyclic) bond motifs is 4. The third-order valence-electron chi connectivity index (χ3n) is 4.42. The van der Waals surface area contributed by atoms with Crippen LogP contribution < -0.4 is 5.32 Å². The van der Waals surface area contributed by atoms with Crippen LogP contribution in [0.2, 0.25) is 0 Å². The molecule has 0 aromatic heterocycles. The topological polar surface area (TPSA) is 117 Å². The minimum absolute atomic E-state index is 0.134. The molecular weight excluding hydrogens is 346 g/mol. The minimum Gasteiger partial charge on any atom is -0.352 e. The van der Waals surface area contributed by atoms with Gasteiger partial charge < -0.3 is 9.47 Å². The van der Waals surface area contributed by atoms with Crippen molar-refractivity contribution in [2.24, 2.45) is 5.11 Å². The van der Waals surface area contributed by atoms with E-state index in [0.717, 1.165) is 0 Å². The second kappa shape index (κ2) is 4.57. The average Bonchev–Trinajstić information content (AvgIpc) is 2.69. The van der Waals surface area contributed by atoms with Crippen LogP contribution in [0.1, 0.15) is 20.3 Å². The SMILES string of the molecule is CC12OC[C@H]3O[C@H](C[C@@H]3N=[N+]=[N-])N1C(=O)NC(=O)[C@@]2(C)Br. The van der Waals surface area contributed by atoms with Gasteiger partial charge in [-0.3, -0.25) is 15.0 Å². The zero-order valence-electron chi connectivity index (χ0n) is 11.4. The van der Waals surface area contributed by atoms with Gasteiger partial charge in [-0.15, -0.1) is 0 Å².